The van der Waals surface area contributed by atoms with E-state index >= 15 is 0 Å². The SMILES string of the molecule is O=C(NCC(O)C(F)F)c1cccc(O)c1. The van der Waals surface area contributed by atoms with Gasteiger partial charge in [0, 0.05) is 12.1 Å². The predicted octanol–water partition coefficient (Wildman–Crippen LogP) is 0.748. The molecular weight excluding hydrogens is 220 g/mol. The lowest BCUT2D eigenvalue weighted by atomic mass is 10.2. The third-order valence-corrected chi connectivity index (χ3v) is 1.87. The largest absolute Gasteiger partial charge is 0.508 e. The second kappa shape index (κ2) is 5.41. The summed E-state index contributed by atoms with van der Waals surface area (Å²) in [6.07, 6.45) is -4.79. The highest BCUT2D eigenvalue weighted by molar-refractivity contribution is 5.94. The van der Waals surface area contributed by atoms with Crippen LogP contribution in [0.25, 0.3) is 0 Å². The van der Waals surface area contributed by atoms with E-state index in [4.69, 9.17) is 10.2 Å². The Bertz CT molecular complexity index is 371. The highest BCUT2D eigenvalue weighted by Crippen LogP contribution is 2.10. The molecule has 0 aliphatic rings. The van der Waals surface area contributed by atoms with Gasteiger partial charge in [0.05, 0.1) is 0 Å². The summed E-state index contributed by atoms with van der Waals surface area (Å²) in [5.74, 6) is -0.724. The van der Waals surface area contributed by atoms with Gasteiger partial charge in [-0.1, -0.05) is 6.07 Å². The molecule has 0 heterocycles. The molecule has 3 N–H and O–H groups in total. The van der Waals surface area contributed by atoms with Crippen LogP contribution in [0.4, 0.5) is 8.78 Å². The number of alkyl halides is 2. The molecule has 6 heteroatoms. The third-order valence-electron chi connectivity index (χ3n) is 1.87. The Morgan fingerprint density at radius 1 is 1.44 bits per heavy atom. The van der Waals surface area contributed by atoms with Crippen LogP contribution in [0.15, 0.2) is 24.3 Å². The van der Waals surface area contributed by atoms with Gasteiger partial charge >= 0.3 is 0 Å². The van der Waals surface area contributed by atoms with E-state index in [1.54, 1.807) is 0 Å². The molecule has 0 saturated heterocycles. The van der Waals surface area contributed by atoms with Gasteiger partial charge in [0.1, 0.15) is 11.9 Å². The Kier molecular flexibility index (Phi) is 4.19. The Labute approximate surface area is 90.5 Å². The molecule has 0 fully saturated rings. The summed E-state index contributed by atoms with van der Waals surface area (Å²) in [7, 11) is 0. The van der Waals surface area contributed by atoms with Gasteiger partial charge in [-0.2, -0.15) is 0 Å². The first kappa shape index (κ1) is 12.4. The number of amides is 1. The lowest BCUT2D eigenvalue weighted by molar-refractivity contribution is -0.00270. The maximum Gasteiger partial charge on any atom is 0.265 e. The van der Waals surface area contributed by atoms with Crippen molar-refractivity contribution >= 4 is 5.91 Å². The van der Waals surface area contributed by atoms with Crippen LogP contribution in [0.5, 0.6) is 5.75 Å². The summed E-state index contributed by atoms with van der Waals surface area (Å²) in [6.45, 7) is -0.536. The Morgan fingerprint density at radius 3 is 2.69 bits per heavy atom. The van der Waals surface area contributed by atoms with Crippen LogP contribution < -0.4 is 5.32 Å². The van der Waals surface area contributed by atoms with Crippen LogP contribution in [0, 0.1) is 0 Å². The van der Waals surface area contributed by atoms with Crippen LogP contribution >= 0.6 is 0 Å². The minimum absolute atomic E-state index is 0.0953. The topological polar surface area (TPSA) is 69.6 Å². The number of aliphatic hydroxyl groups excluding tert-OH is 1. The van der Waals surface area contributed by atoms with Crippen molar-refractivity contribution in [3.8, 4) is 5.75 Å². The fourth-order valence-corrected chi connectivity index (χ4v) is 1.04. The summed E-state index contributed by atoms with van der Waals surface area (Å²) < 4.78 is 23.8. The molecule has 1 rings (SSSR count). The van der Waals surface area contributed by atoms with E-state index < -0.39 is 25.0 Å². The highest BCUT2D eigenvalue weighted by Gasteiger charge is 2.17. The van der Waals surface area contributed by atoms with Gasteiger partial charge in [0.2, 0.25) is 0 Å². The van der Waals surface area contributed by atoms with Gasteiger partial charge < -0.3 is 15.5 Å². The van der Waals surface area contributed by atoms with Crippen LogP contribution in [-0.2, 0) is 0 Å². The molecular formula is C10H11F2NO3. The number of rotatable bonds is 4. The minimum Gasteiger partial charge on any atom is -0.508 e. The number of carbonyl (C=O) groups excluding carboxylic acids is 1. The van der Waals surface area contributed by atoms with Crippen molar-refractivity contribution in [2.24, 2.45) is 0 Å². The molecule has 1 unspecified atom stereocenters. The number of phenolic OH excluding ortho intramolecular Hbond substituents is 1. The first-order valence-corrected chi connectivity index (χ1v) is 4.54. The molecule has 0 spiro atoms. The molecule has 0 saturated carbocycles. The van der Waals surface area contributed by atoms with Crippen molar-refractivity contribution in [2.45, 2.75) is 12.5 Å². The number of phenols is 1. The van der Waals surface area contributed by atoms with Gasteiger partial charge in [0.15, 0.2) is 0 Å². The third kappa shape index (κ3) is 3.47. The number of halogens is 2. The molecule has 4 nitrogen and oxygen atoms in total. The van der Waals surface area contributed by atoms with Gasteiger partial charge in [-0.05, 0) is 18.2 Å². The zero-order chi connectivity index (χ0) is 12.1. The summed E-state index contributed by atoms with van der Waals surface area (Å²) in [4.78, 5) is 11.3. The quantitative estimate of drug-likeness (QED) is 0.716. The number of aliphatic hydroxyl groups is 1. The monoisotopic (exact) mass is 231 g/mol. The lowest BCUT2D eigenvalue weighted by Gasteiger charge is -2.10. The lowest BCUT2D eigenvalue weighted by Crippen LogP contribution is -2.35. The van der Waals surface area contributed by atoms with Crippen LogP contribution in [0.3, 0.4) is 0 Å². The molecule has 0 aromatic heterocycles. The van der Waals surface area contributed by atoms with E-state index in [2.05, 4.69) is 5.32 Å². The second-order valence-electron chi connectivity index (χ2n) is 3.16. The molecule has 1 amide bonds. The Balaban J connectivity index is 2.53. The number of benzene rings is 1. The summed E-state index contributed by atoms with van der Waals surface area (Å²) in [6, 6.07) is 5.45. The second-order valence-corrected chi connectivity index (χ2v) is 3.16. The van der Waals surface area contributed by atoms with Crippen molar-refractivity contribution in [3.63, 3.8) is 0 Å². The molecule has 1 aromatic rings. The number of carbonyl (C=O) groups is 1. The summed E-state index contributed by atoms with van der Waals surface area (Å²) in [5.41, 5.74) is 0.140. The minimum atomic E-state index is -2.90. The smallest absolute Gasteiger partial charge is 0.265 e. The van der Waals surface area contributed by atoms with Crippen molar-refractivity contribution in [3.05, 3.63) is 29.8 Å². The maximum atomic E-state index is 11.9. The van der Waals surface area contributed by atoms with E-state index in [-0.39, 0.29) is 11.3 Å². The molecule has 1 aromatic carbocycles. The molecule has 0 bridgehead atoms. The number of aromatic hydroxyl groups is 1. The van der Waals surface area contributed by atoms with Crippen molar-refractivity contribution in [1.82, 2.24) is 5.32 Å². The van der Waals surface area contributed by atoms with Crippen LogP contribution in [-0.4, -0.2) is 35.2 Å². The van der Waals surface area contributed by atoms with E-state index in [0.29, 0.717) is 0 Å². The summed E-state index contributed by atoms with van der Waals surface area (Å²) >= 11 is 0. The molecule has 88 valence electrons. The molecule has 16 heavy (non-hydrogen) atoms. The van der Waals surface area contributed by atoms with Crippen molar-refractivity contribution < 1.29 is 23.8 Å². The van der Waals surface area contributed by atoms with Gasteiger partial charge in [-0.15, -0.1) is 0 Å². The van der Waals surface area contributed by atoms with Crippen LogP contribution in [0.2, 0.25) is 0 Å². The van der Waals surface area contributed by atoms with E-state index in [1.807, 2.05) is 0 Å². The van der Waals surface area contributed by atoms with E-state index in [9.17, 15) is 13.6 Å². The Morgan fingerprint density at radius 2 is 2.12 bits per heavy atom. The first-order chi connectivity index (χ1) is 7.50. The molecule has 1 atom stereocenters. The fourth-order valence-electron chi connectivity index (χ4n) is 1.04. The molecule has 0 aliphatic carbocycles. The standard InChI is InChI=1S/C10H11F2NO3/c11-9(12)8(15)5-13-10(16)6-2-1-3-7(14)4-6/h1-4,8-9,14-15H,5H2,(H,13,16). The average molecular weight is 231 g/mol. The van der Waals surface area contributed by atoms with E-state index in [0.717, 1.165) is 0 Å². The normalized spacial score (nSPS) is 12.5. The molecule has 0 radical (unpaired) electrons. The van der Waals surface area contributed by atoms with Gasteiger partial charge in [-0.3, -0.25) is 4.79 Å². The summed E-state index contributed by atoms with van der Waals surface area (Å²) in [5, 5.41) is 20.0. The Hall–Kier alpha value is -1.69. The zero-order valence-corrected chi connectivity index (χ0v) is 8.23. The maximum absolute atomic E-state index is 11.9. The van der Waals surface area contributed by atoms with Crippen molar-refractivity contribution in [2.75, 3.05) is 6.54 Å². The number of hydrogen-bond acceptors (Lipinski definition) is 3. The molecule has 0 aliphatic heterocycles. The van der Waals surface area contributed by atoms with Crippen molar-refractivity contribution in [1.29, 1.82) is 0 Å². The number of hydrogen-bond donors (Lipinski definition) is 3. The van der Waals surface area contributed by atoms with E-state index in [1.165, 1.54) is 24.3 Å². The van der Waals surface area contributed by atoms with Crippen LogP contribution in [0.1, 0.15) is 10.4 Å². The number of nitrogens with one attached hydrogen (secondary N) is 1. The highest BCUT2D eigenvalue weighted by atomic mass is 19.3. The zero-order valence-electron chi connectivity index (χ0n) is 8.23. The predicted molar refractivity (Wildman–Crippen MR) is 52.5 cm³/mol. The average Bonchev–Trinajstić information content (AvgIpc) is 2.25. The van der Waals surface area contributed by atoms with Gasteiger partial charge in [0.25, 0.3) is 12.3 Å². The van der Waals surface area contributed by atoms with Gasteiger partial charge in [-0.25, -0.2) is 8.78 Å². The fraction of sp³-hybridized carbons (Fsp3) is 0.300. The first-order valence-electron chi connectivity index (χ1n) is 4.54.